The summed E-state index contributed by atoms with van der Waals surface area (Å²) >= 11 is 0. The van der Waals surface area contributed by atoms with Gasteiger partial charge in [0.05, 0.1) is 0 Å². The number of ether oxygens (including phenoxy) is 1. The lowest BCUT2D eigenvalue weighted by molar-refractivity contribution is -0.304. The summed E-state index contributed by atoms with van der Waals surface area (Å²) in [5.74, 6) is 1.17. The molecule has 2 fully saturated rings. The first kappa shape index (κ1) is 23.0. The SMILES string of the molecule is CC.CC1CCC(C2CCC(C3=CC=C(OC(F)(F)F)C(F)=CC3)CC2)CC1. The van der Waals surface area contributed by atoms with Crippen LogP contribution in [0.3, 0.4) is 0 Å². The van der Waals surface area contributed by atoms with E-state index in [4.69, 9.17) is 0 Å². The number of hydrogen-bond donors (Lipinski definition) is 0. The van der Waals surface area contributed by atoms with Gasteiger partial charge >= 0.3 is 6.36 Å². The van der Waals surface area contributed by atoms with E-state index in [9.17, 15) is 17.6 Å². The molecule has 3 rings (SSSR count). The Kier molecular flexibility index (Phi) is 8.63. The van der Waals surface area contributed by atoms with E-state index < -0.39 is 17.9 Å². The van der Waals surface area contributed by atoms with E-state index >= 15 is 0 Å². The van der Waals surface area contributed by atoms with Crippen molar-refractivity contribution in [3.63, 3.8) is 0 Å². The largest absolute Gasteiger partial charge is 0.573 e. The van der Waals surface area contributed by atoms with Crippen LogP contribution in [0.5, 0.6) is 0 Å². The minimum absolute atomic E-state index is 0.347. The fraction of sp³-hybridized carbons (Fsp3) is 0.739. The first-order chi connectivity index (χ1) is 13.3. The molecular weight excluding hydrogens is 368 g/mol. The van der Waals surface area contributed by atoms with Crippen molar-refractivity contribution in [2.24, 2.45) is 23.7 Å². The summed E-state index contributed by atoms with van der Waals surface area (Å²) < 4.78 is 54.7. The van der Waals surface area contributed by atoms with Gasteiger partial charge in [-0.1, -0.05) is 45.3 Å². The Labute approximate surface area is 166 Å². The predicted molar refractivity (Wildman–Crippen MR) is 105 cm³/mol. The van der Waals surface area contributed by atoms with Crippen LogP contribution in [0.25, 0.3) is 0 Å². The molecule has 0 heterocycles. The molecule has 28 heavy (non-hydrogen) atoms. The Bertz CT molecular complexity index is 572. The second kappa shape index (κ2) is 10.5. The van der Waals surface area contributed by atoms with Crippen LogP contribution >= 0.6 is 0 Å². The maximum atomic E-state index is 13.8. The number of alkyl halides is 3. The average Bonchev–Trinajstić information content (AvgIpc) is 2.85. The van der Waals surface area contributed by atoms with Gasteiger partial charge in [0.1, 0.15) is 0 Å². The average molecular weight is 403 g/mol. The molecule has 1 nitrogen and oxygen atoms in total. The summed E-state index contributed by atoms with van der Waals surface area (Å²) in [5.41, 5.74) is 1.02. The minimum Gasteiger partial charge on any atom is -0.403 e. The molecule has 5 heteroatoms. The van der Waals surface area contributed by atoms with E-state index in [0.29, 0.717) is 12.3 Å². The molecule has 0 aromatic heterocycles. The quantitative estimate of drug-likeness (QED) is 0.432. The van der Waals surface area contributed by atoms with Gasteiger partial charge in [0.25, 0.3) is 0 Å². The topological polar surface area (TPSA) is 9.23 Å². The monoisotopic (exact) mass is 402 g/mol. The summed E-state index contributed by atoms with van der Waals surface area (Å²) in [4.78, 5) is 0. The van der Waals surface area contributed by atoms with Crippen molar-refractivity contribution in [1.29, 1.82) is 0 Å². The molecule has 0 atom stereocenters. The van der Waals surface area contributed by atoms with Gasteiger partial charge in [-0.2, -0.15) is 0 Å². The normalized spacial score (nSPS) is 31.5. The molecule has 0 aliphatic heterocycles. The summed E-state index contributed by atoms with van der Waals surface area (Å²) in [6.07, 6.45) is 9.32. The second-order valence-corrected chi connectivity index (χ2v) is 8.21. The summed E-state index contributed by atoms with van der Waals surface area (Å²) in [6.45, 7) is 6.34. The number of halogens is 4. The molecule has 0 unspecified atom stereocenters. The maximum absolute atomic E-state index is 13.8. The molecule has 0 aromatic rings. The lowest BCUT2D eigenvalue weighted by atomic mass is 9.68. The van der Waals surface area contributed by atoms with Crippen molar-refractivity contribution in [3.8, 4) is 0 Å². The zero-order valence-electron chi connectivity index (χ0n) is 17.3. The molecule has 2 saturated carbocycles. The highest BCUT2D eigenvalue weighted by atomic mass is 19.4. The summed E-state index contributed by atoms with van der Waals surface area (Å²) in [5, 5.41) is 0. The molecule has 3 aliphatic carbocycles. The van der Waals surface area contributed by atoms with Gasteiger partial charge in [0, 0.05) is 0 Å². The van der Waals surface area contributed by atoms with Crippen LogP contribution in [-0.4, -0.2) is 6.36 Å². The molecule has 0 N–H and O–H groups in total. The van der Waals surface area contributed by atoms with Gasteiger partial charge in [-0.25, -0.2) is 4.39 Å². The number of rotatable bonds is 3. The first-order valence-electron chi connectivity index (χ1n) is 10.8. The molecule has 0 bridgehead atoms. The molecule has 3 aliphatic rings. The van der Waals surface area contributed by atoms with E-state index in [2.05, 4.69) is 11.7 Å². The van der Waals surface area contributed by atoms with Crippen LogP contribution in [0.1, 0.15) is 78.6 Å². The molecule has 0 radical (unpaired) electrons. The molecule has 0 saturated heterocycles. The van der Waals surface area contributed by atoms with E-state index in [1.54, 1.807) is 6.08 Å². The Balaban J connectivity index is 0.00000136. The summed E-state index contributed by atoms with van der Waals surface area (Å²) in [6, 6.07) is 0. The van der Waals surface area contributed by atoms with Gasteiger partial charge in [-0.05, 0) is 80.8 Å². The van der Waals surface area contributed by atoms with Crippen LogP contribution in [0.4, 0.5) is 17.6 Å². The molecule has 160 valence electrons. The van der Waals surface area contributed by atoms with Crippen LogP contribution < -0.4 is 0 Å². The highest BCUT2D eigenvalue weighted by molar-refractivity contribution is 5.32. The van der Waals surface area contributed by atoms with Crippen molar-refractivity contribution in [2.45, 2.75) is 84.9 Å². The van der Waals surface area contributed by atoms with Crippen LogP contribution in [0.15, 0.2) is 35.4 Å². The van der Waals surface area contributed by atoms with Gasteiger partial charge in [-0.15, -0.1) is 13.2 Å². The Morgan fingerprint density at radius 2 is 1.39 bits per heavy atom. The van der Waals surface area contributed by atoms with Gasteiger partial charge < -0.3 is 4.74 Å². The molecule has 0 amide bonds. The minimum atomic E-state index is -4.87. The number of hydrogen-bond acceptors (Lipinski definition) is 1. The van der Waals surface area contributed by atoms with Crippen LogP contribution in [0.2, 0.25) is 0 Å². The van der Waals surface area contributed by atoms with Gasteiger partial charge in [0.15, 0.2) is 11.6 Å². The Morgan fingerprint density at radius 3 is 1.93 bits per heavy atom. The van der Waals surface area contributed by atoms with Crippen molar-refractivity contribution >= 4 is 0 Å². The van der Waals surface area contributed by atoms with Crippen LogP contribution in [-0.2, 0) is 4.74 Å². The lowest BCUT2D eigenvalue weighted by Gasteiger charge is -2.37. The van der Waals surface area contributed by atoms with E-state index in [1.807, 2.05) is 13.8 Å². The molecule has 0 spiro atoms. The van der Waals surface area contributed by atoms with Gasteiger partial charge in [0.2, 0.25) is 0 Å². The Morgan fingerprint density at radius 1 is 0.857 bits per heavy atom. The zero-order valence-corrected chi connectivity index (χ0v) is 17.3. The van der Waals surface area contributed by atoms with E-state index in [-0.39, 0.29) is 0 Å². The molecular formula is C23H34F4O. The van der Waals surface area contributed by atoms with Crippen LogP contribution in [0, 0.1) is 23.7 Å². The highest BCUT2D eigenvalue weighted by Gasteiger charge is 2.34. The van der Waals surface area contributed by atoms with Crippen molar-refractivity contribution in [1.82, 2.24) is 0 Å². The van der Waals surface area contributed by atoms with Crippen molar-refractivity contribution < 1.29 is 22.3 Å². The second-order valence-electron chi connectivity index (χ2n) is 8.21. The smallest absolute Gasteiger partial charge is 0.403 e. The predicted octanol–water partition coefficient (Wildman–Crippen LogP) is 8.25. The fourth-order valence-electron chi connectivity index (χ4n) is 4.87. The third-order valence-electron chi connectivity index (χ3n) is 6.45. The summed E-state index contributed by atoms with van der Waals surface area (Å²) in [7, 11) is 0. The molecule has 0 aromatic carbocycles. The first-order valence-corrected chi connectivity index (χ1v) is 10.8. The Hall–Kier alpha value is -1.26. The fourth-order valence-corrected chi connectivity index (χ4v) is 4.87. The highest BCUT2D eigenvalue weighted by Crippen LogP contribution is 2.43. The number of allylic oxidation sites excluding steroid dienone is 5. The third-order valence-corrected chi connectivity index (χ3v) is 6.45. The van der Waals surface area contributed by atoms with Crippen molar-refractivity contribution in [3.05, 3.63) is 35.4 Å². The maximum Gasteiger partial charge on any atom is 0.573 e. The zero-order chi connectivity index (χ0) is 20.7. The van der Waals surface area contributed by atoms with Gasteiger partial charge in [-0.3, -0.25) is 0 Å². The van der Waals surface area contributed by atoms with E-state index in [1.165, 1.54) is 44.6 Å². The van der Waals surface area contributed by atoms with E-state index in [0.717, 1.165) is 42.2 Å². The van der Waals surface area contributed by atoms with Crippen molar-refractivity contribution in [2.75, 3.05) is 0 Å². The lowest BCUT2D eigenvalue weighted by Crippen LogP contribution is -2.25. The third kappa shape index (κ3) is 6.66. The standard InChI is InChI=1S/C21H28F4O.C2H6/c1-14-2-4-15(5-3-14)16-6-8-17(9-7-16)18-10-12-19(22)20(13-11-18)26-21(23,24)25;1-2/h11-17H,2-10H2,1H3;1-2H3.